The molecule has 0 atom stereocenters. The summed E-state index contributed by atoms with van der Waals surface area (Å²) in [7, 11) is 0. The highest BCUT2D eigenvalue weighted by Crippen LogP contribution is 2.34. The fourth-order valence-electron chi connectivity index (χ4n) is 3.03. The van der Waals surface area contributed by atoms with Crippen LogP contribution in [0, 0.1) is 13.8 Å². The molecule has 0 spiro atoms. The predicted octanol–water partition coefficient (Wildman–Crippen LogP) is 6.12. The van der Waals surface area contributed by atoms with Crippen molar-refractivity contribution in [3.05, 3.63) is 64.3 Å². The molecule has 148 valence electrons. The topological polar surface area (TPSA) is 59.8 Å². The Morgan fingerprint density at radius 1 is 1.24 bits per heavy atom. The van der Waals surface area contributed by atoms with Crippen LogP contribution in [0.15, 0.2) is 47.4 Å². The minimum Gasteiger partial charge on any atom is -0.306 e. The van der Waals surface area contributed by atoms with Crippen LogP contribution in [0.2, 0.25) is 5.02 Å². The van der Waals surface area contributed by atoms with Crippen molar-refractivity contribution >= 4 is 56.6 Å². The van der Waals surface area contributed by atoms with E-state index in [1.807, 2.05) is 56.3 Å². The highest BCUT2D eigenvalue weighted by molar-refractivity contribution is 7.99. The molecule has 0 saturated heterocycles. The van der Waals surface area contributed by atoms with E-state index < -0.39 is 0 Å². The minimum absolute atomic E-state index is 0.168. The van der Waals surface area contributed by atoms with E-state index in [1.165, 1.54) is 11.3 Å². The molecule has 0 radical (unpaired) electrons. The second kappa shape index (κ2) is 8.18. The fourth-order valence-corrected chi connectivity index (χ4v) is 5.12. The highest BCUT2D eigenvalue weighted by atomic mass is 35.5. The maximum atomic E-state index is 13.0. The molecule has 29 heavy (non-hydrogen) atoms. The van der Waals surface area contributed by atoms with Crippen molar-refractivity contribution in [2.24, 2.45) is 0 Å². The molecule has 2 aromatic carbocycles. The van der Waals surface area contributed by atoms with Gasteiger partial charge in [0, 0.05) is 11.0 Å². The van der Waals surface area contributed by atoms with Crippen LogP contribution in [-0.4, -0.2) is 26.4 Å². The lowest BCUT2D eigenvalue weighted by molar-refractivity contribution is 0.102. The van der Waals surface area contributed by atoms with Gasteiger partial charge < -0.3 is 5.32 Å². The maximum absolute atomic E-state index is 13.0. The number of benzene rings is 2. The first-order valence-electron chi connectivity index (χ1n) is 9.13. The van der Waals surface area contributed by atoms with Crippen molar-refractivity contribution in [3.8, 4) is 5.13 Å². The molecule has 8 heteroatoms. The maximum Gasteiger partial charge on any atom is 0.257 e. The molecule has 2 heterocycles. The van der Waals surface area contributed by atoms with Crippen LogP contribution in [-0.2, 0) is 0 Å². The van der Waals surface area contributed by atoms with Gasteiger partial charge in [0.15, 0.2) is 0 Å². The smallest absolute Gasteiger partial charge is 0.257 e. The van der Waals surface area contributed by atoms with Crippen LogP contribution < -0.4 is 5.32 Å². The van der Waals surface area contributed by atoms with Crippen LogP contribution >= 0.6 is 34.7 Å². The van der Waals surface area contributed by atoms with Gasteiger partial charge in [0.2, 0.25) is 5.13 Å². The van der Waals surface area contributed by atoms with Crippen molar-refractivity contribution in [2.45, 2.75) is 25.7 Å². The number of nitrogens with one attached hydrogen (secondary N) is 1. The van der Waals surface area contributed by atoms with E-state index in [0.29, 0.717) is 21.5 Å². The first kappa shape index (κ1) is 19.9. The molecular weight excluding hydrogens is 424 g/mol. The number of carbonyl (C=O) groups excluding carboxylic acids is 1. The second-order valence-corrected chi connectivity index (χ2v) is 9.20. The van der Waals surface area contributed by atoms with Gasteiger partial charge in [-0.3, -0.25) is 4.79 Å². The van der Waals surface area contributed by atoms with E-state index in [-0.39, 0.29) is 5.91 Å². The molecule has 1 N–H and O–H groups in total. The van der Waals surface area contributed by atoms with Crippen LogP contribution in [0.4, 0.5) is 5.82 Å². The summed E-state index contributed by atoms with van der Waals surface area (Å²) < 4.78 is 2.58. The summed E-state index contributed by atoms with van der Waals surface area (Å²) in [5.74, 6) is 1.31. The number of aryl methyl sites for hydroxylation is 2. The Balaban J connectivity index is 1.72. The largest absolute Gasteiger partial charge is 0.306 e. The normalized spacial score (nSPS) is 11.2. The van der Waals surface area contributed by atoms with E-state index >= 15 is 0 Å². The van der Waals surface area contributed by atoms with Gasteiger partial charge in [-0.25, -0.2) is 4.98 Å². The average Bonchev–Trinajstić information content (AvgIpc) is 3.30. The quantitative estimate of drug-likeness (QED) is 0.378. The zero-order chi connectivity index (χ0) is 20.5. The number of hydrogen-bond acceptors (Lipinski definition) is 5. The molecule has 0 bridgehead atoms. The van der Waals surface area contributed by atoms with Crippen molar-refractivity contribution in [2.75, 3.05) is 11.1 Å². The van der Waals surface area contributed by atoms with Crippen LogP contribution in [0.5, 0.6) is 0 Å². The standard InChI is InChI=1S/C21H19ClN4OS2/c1-4-28-16-8-6-5-7-14(16)20(27)23-17-11-13(3)25-26(17)21-24-18-12(2)9-10-15(22)19(18)29-21/h5-11H,4H2,1-3H3,(H,23,27). The number of nitrogens with zero attached hydrogens (tertiary/aromatic N) is 3. The van der Waals surface area contributed by atoms with Crippen LogP contribution in [0.1, 0.15) is 28.5 Å². The number of amides is 1. The molecule has 0 aliphatic heterocycles. The Bertz CT molecular complexity index is 1180. The Hall–Kier alpha value is -2.35. The molecule has 0 aliphatic carbocycles. The Morgan fingerprint density at radius 2 is 2.03 bits per heavy atom. The van der Waals surface area contributed by atoms with Crippen molar-refractivity contribution in [3.63, 3.8) is 0 Å². The van der Waals surface area contributed by atoms with Gasteiger partial charge in [-0.15, -0.1) is 11.8 Å². The zero-order valence-electron chi connectivity index (χ0n) is 16.2. The first-order chi connectivity index (χ1) is 14.0. The van der Waals surface area contributed by atoms with Gasteiger partial charge >= 0.3 is 0 Å². The summed E-state index contributed by atoms with van der Waals surface area (Å²) >= 11 is 9.45. The number of anilines is 1. The monoisotopic (exact) mass is 442 g/mol. The van der Waals surface area contributed by atoms with E-state index in [0.717, 1.165) is 32.1 Å². The minimum atomic E-state index is -0.168. The third-order valence-corrected chi connectivity index (χ3v) is 6.82. The lowest BCUT2D eigenvalue weighted by Gasteiger charge is -2.09. The molecule has 2 aromatic heterocycles. The first-order valence-corrected chi connectivity index (χ1v) is 11.3. The molecule has 0 saturated carbocycles. The molecule has 4 rings (SSSR count). The summed E-state index contributed by atoms with van der Waals surface area (Å²) in [6, 6.07) is 13.3. The Kier molecular flexibility index (Phi) is 5.63. The van der Waals surface area contributed by atoms with Gasteiger partial charge in [-0.05, 0) is 43.4 Å². The van der Waals surface area contributed by atoms with Gasteiger partial charge in [-0.1, -0.05) is 48.1 Å². The van der Waals surface area contributed by atoms with E-state index in [1.54, 1.807) is 16.4 Å². The van der Waals surface area contributed by atoms with Crippen molar-refractivity contribution in [1.29, 1.82) is 0 Å². The molecular formula is C21H19ClN4OS2. The summed E-state index contributed by atoms with van der Waals surface area (Å²) in [5, 5.41) is 8.87. The lowest BCUT2D eigenvalue weighted by Crippen LogP contribution is -2.16. The SMILES string of the molecule is CCSc1ccccc1C(=O)Nc1cc(C)nn1-c1nc2c(C)ccc(Cl)c2s1. The molecule has 0 aliphatic rings. The lowest BCUT2D eigenvalue weighted by atomic mass is 10.2. The summed E-state index contributed by atoms with van der Waals surface area (Å²) in [6.07, 6.45) is 0. The van der Waals surface area contributed by atoms with Crippen LogP contribution in [0.25, 0.3) is 15.3 Å². The van der Waals surface area contributed by atoms with Crippen molar-refractivity contribution < 1.29 is 4.79 Å². The third kappa shape index (κ3) is 3.90. The van der Waals surface area contributed by atoms with Gasteiger partial charge in [-0.2, -0.15) is 9.78 Å². The number of fused-ring (bicyclic) bond motifs is 1. The van der Waals surface area contributed by atoms with Crippen molar-refractivity contribution in [1.82, 2.24) is 14.8 Å². The molecule has 4 aromatic rings. The fraction of sp³-hybridized carbons (Fsp3) is 0.190. The van der Waals surface area contributed by atoms with Gasteiger partial charge in [0.05, 0.1) is 26.5 Å². The number of halogens is 1. The second-order valence-electron chi connectivity index (χ2n) is 6.50. The molecule has 1 amide bonds. The third-order valence-electron chi connectivity index (χ3n) is 4.37. The number of carbonyl (C=O) groups is 1. The van der Waals surface area contributed by atoms with E-state index in [2.05, 4.69) is 17.3 Å². The summed E-state index contributed by atoms with van der Waals surface area (Å²) in [6.45, 7) is 5.96. The number of aromatic nitrogens is 3. The van der Waals surface area contributed by atoms with Gasteiger partial charge in [0.25, 0.3) is 5.91 Å². The predicted molar refractivity (Wildman–Crippen MR) is 122 cm³/mol. The van der Waals surface area contributed by atoms with Gasteiger partial charge in [0.1, 0.15) is 5.82 Å². The molecule has 0 fully saturated rings. The van der Waals surface area contributed by atoms with E-state index in [4.69, 9.17) is 16.6 Å². The summed E-state index contributed by atoms with van der Waals surface area (Å²) in [4.78, 5) is 18.7. The molecule has 5 nitrogen and oxygen atoms in total. The highest BCUT2D eigenvalue weighted by Gasteiger charge is 2.18. The Labute approximate surface area is 182 Å². The zero-order valence-corrected chi connectivity index (χ0v) is 18.6. The number of thiazole rings is 1. The van der Waals surface area contributed by atoms with Crippen LogP contribution in [0.3, 0.4) is 0 Å². The average molecular weight is 443 g/mol. The number of hydrogen-bond donors (Lipinski definition) is 1. The molecule has 0 unspecified atom stereocenters. The van der Waals surface area contributed by atoms with E-state index in [9.17, 15) is 4.79 Å². The Morgan fingerprint density at radius 3 is 2.79 bits per heavy atom. The summed E-state index contributed by atoms with van der Waals surface area (Å²) in [5.41, 5.74) is 3.34. The number of thioether (sulfide) groups is 1. The number of rotatable bonds is 5.